The van der Waals surface area contributed by atoms with E-state index >= 15 is 0 Å². The quantitative estimate of drug-likeness (QED) is 0.781. The van der Waals surface area contributed by atoms with E-state index in [-0.39, 0.29) is 18.1 Å². The molecule has 2 aromatic rings. The van der Waals surface area contributed by atoms with Gasteiger partial charge in [-0.25, -0.2) is 4.79 Å². The van der Waals surface area contributed by atoms with Crippen molar-refractivity contribution in [2.24, 2.45) is 0 Å². The lowest BCUT2D eigenvalue weighted by molar-refractivity contribution is -0.121. The summed E-state index contributed by atoms with van der Waals surface area (Å²) in [6, 6.07) is 7.35. The predicted molar refractivity (Wildman–Crippen MR) is 70.5 cm³/mol. The molecular formula is C13H17N3O2. The van der Waals surface area contributed by atoms with Crippen molar-refractivity contribution in [2.45, 2.75) is 26.3 Å². The van der Waals surface area contributed by atoms with Crippen molar-refractivity contribution in [3.63, 3.8) is 0 Å². The number of nitrogens with zero attached hydrogens (tertiary/aromatic N) is 1. The second-order valence-electron chi connectivity index (χ2n) is 4.24. The first-order chi connectivity index (χ1) is 8.72. The van der Waals surface area contributed by atoms with Crippen molar-refractivity contribution in [3.05, 3.63) is 34.7 Å². The number of amides is 1. The average molecular weight is 247 g/mol. The second kappa shape index (κ2) is 5.53. The Hall–Kier alpha value is -2.04. The van der Waals surface area contributed by atoms with E-state index in [9.17, 15) is 9.59 Å². The van der Waals surface area contributed by atoms with Gasteiger partial charge in [0, 0.05) is 6.54 Å². The molecule has 0 unspecified atom stereocenters. The van der Waals surface area contributed by atoms with Crippen molar-refractivity contribution in [3.8, 4) is 0 Å². The molecule has 5 heteroatoms. The Labute approximate surface area is 105 Å². The molecule has 0 aliphatic heterocycles. The molecule has 1 aromatic heterocycles. The number of unbranched alkanes of at least 4 members (excludes halogenated alkanes) is 1. The second-order valence-corrected chi connectivity index (χ2v) is 4.24. The largest absolute Gasteiger partial charge is 0.355 e. The number of para-hydroxylation sites is 2. The molecule has 0 radical (unpaired) electrons. The average Bonchev–Trinajstić information content (AvgIpc) is 2.67. The Morgan fingerprint density at radius 1 is 1.39 bits per heavy atom. The van der Waals surface area contributed by atoms with Crippen molar-refractivity contribution >= 4 is 16.9 Å². The summed E-state index contributed by atoms with van der Waals surface area (Å²) in [5.74, 6) is -0.129. The number of hydrogen-bond donors (Lipinski definition) is 2. The maximum atomic E-state index is 11.7. The molecule has 0 fully saturated rings. The van der Waals surface area contributed by atoms with Crippen molar-refractivity contribution in [1.29, 1.82) is 0 Å². The van der Waals surface area contributed by atoms with Gasteiger partial charge in [-0.15, -0.1) is 0 Å². The van der Waals surface area contributed by atoms with Crippen LogP contribution in [0.1, 0.15) is 19.8 Å². The molecular weight excluding hydrogens is 230 g/mol. The molecule has 0 spiro atoms. The fourth-order valence-electron chi connectivity index (χ4n) is 1.87. The third-order valence-corrected chi connectivity index (χ3v) is 2.84. The van der Waals surface area contributed by atoms with E-state index in [1.54, 1.807) is 0 Å². The van der Waals surface area contributed by atoms with Crippen LogP contribution in [0.15, 0.2) is 29.1 Å². The number of benzene rings is 1. The summed E-state index contributed by atoms with van der Waals surface area (Å²) in [7, 11) is 0. The van der Waals surface area contributed by atoms with Crippen LogP contribution in [0.3, 0.4) is 0 Å². The van der Waals surface area contributed by atoms with Gasteiger partial charge in [0.1, 0.15) is 6.54 Å². The Morgan fingerprint density at radius 2 is 2.17 bits per heavy atom. The number of H-pyrrole nitrogens is 1. The Kier molecular flexibility index (Phi) is 3.82. The zero-order chi connectivity index (χ0) is 13.0. The lowest BCUT2D eigenvalue weighted by Gasteiger charge is -2.05. The first kappa shape index (κ1) is 12.4. The molecule has 1 amide bonds. The van der Waals surface area contributed by atoms with Gasteiger partial charge in [0.05, 0.1) is 11.0 Å². The molecule has 96 valence electrons. The minimum Gasteiger partial charge on any atom is -0.355 e. The topological polar surface area (TPSA) is 66.9 Å². The van der Waals surface area contributed by atoms with E-state index in [4.69, 9.17) is 0 Å². The highest BCUT2D eigenvalue weighted by Crippen LogP contribution is 2.08. The highest BCUT2D eigenvalue weighted by atomic mass is 16.2. The van der Waals surface area contributed by atoms with E-state index in [0.29, 0.717) is 6.54 Å². The highest BCUT2D eigenvalue weighted by Gasteiger charge is 2.09. The number of carbonyl (C=O) groups excluding carboxylic acids is 1. The maximum Gasteiger partial charge on any atom is 0.326 e. The van der Waals surface area contributed by atoms with E-state index in [0.717, 1.165) is 23.9 Å². The van der Waals surface area contributed by atoms with Gasteiger partial charge >= 0.3 is 5.69 Å². The summed E-state index contributed by atoms with van der Waals surface area (Å²) in [5.41, 5.74) is 1.26. The maximum absolute atomic E-state index is 11.7. The van der Waals surface area contributed by atoms with Crippen LogP contribution in [-0.2, 0) is 11.3 Å². The number of nitrogens with one attached hydrogen (secondary N) is 2. The van der Waals surface area contributed by atoms with Crippen molar-refractivity contribution < 1.29 is 4.79 Å². The van der Waals surface area contributed by atoms with Gasteiger partial charge in [0.2, 0.25) is 5.91 Å². The lowest BCUT2D eigenvalue weighted by Crippen LogP contribution is -2.31. The van der Waals surface area contributed by atoms with Crippen LogP contribution in [0.5, 0.6) is 0 Å². The summed E-state index contributed by atoms with van der Waals surface area (Å²) in [5, 5.41) is 2.80. The van der Waals surface area contributed by atoms with Crippen molar-refractivity contribution in [2.75, 3.05) is 6.54 Å². The molecule has 0 saturated heterocycles. The highest BCUT2D eigenvalue weighted by molar-refractivity contribution is 5.80. The van der Waals surface area contributed by atoms with Gasteiger partial charge in [0.15, 0.2) is 0 Å². The molecule has 0 saturated carbocycles. The molecule has 0 aliphatic carbocycles. The van der Waals surface area contributed by atoms with Gasteiger partial charge in [0.25, 0.3) is 0 Å². The Bertz CT molecular complexity index is 598. The van der Waals surface area contributed by atoms with Crippen LogP contribution < -0.4 is 11.0 Å². The summed E-state index contributed by atoms with van der Waals surface area (Å²) in [6.45, 7) is 2.79. The van der Waals surface area contributed by atoms with E-state index in [2.05, 4.69) is 17.2 Å². The van der Waals surface area contributed by atoms with Crippen molar-refractivity contribution in [1.82, 2.24) is 14.9 Å². The van der Waals surface area contributed by atoms with Crippen LogP contribution in [0.4, 0.5) is 0 Å². The SMILES string of the molecule is CCCCNC(=O)Cn1c(=O)[nH]c2ccccc21. The summed E-state index contributed by atoms with van der Waals surface area (Å²) in [6.07, 6.45) is 1.99. The Balaban J connectivity index is 2.14. The minimum absolute atomic E-state index is 0.0621. The number of imidazole rings is 1. The summed E-state index contributed by atoms with van der Waals surface area (Å²) < 4.78 is 1.45. The van der Waals surface area contributed by atoms with E-state index < -0.39 is 0 Å². The zero-order valence-electron chi connectivity index (χ0n) is 10.4. The number of aromatic nitrogens is 2. The smallest absolute Gasteiger partial charge is 0.326 e. The Morgan fingerprint density at radius 3 is 2.94 bits per heavy atom. The number of rotatable bonds is 5. The molecule has 1 heterocycles. The normalized spacial score (nSPS) is 10.7. The third-order valence-electron chi connectivity index (χ3n) is 2.84. The molecule has 18 heavy (non-hydrogen) atoms. The molecule has 2 rings (SSSR count). The predicted octanol–water partition coefficient (Wildman–Crippen LogP) is 1.25. The number of fused-ring (bicyclic) bond motifs is 1. The van der Waals surface area contributed by atoms with E-state index in [1.807, 2.05) is 24.3 Å². The van der Waals surface area contributed by atoms with Gasteiger partial charge in [-0.05, 0) is 18.6 Å². The molecule has 0 aliphatic rings. The first-order valence-corrected chi connectivity index (χ1v) is 6.16. The van der Waals surface area contributed by atoms with Crippen LogP contribution >= 0.6 is 0 Å². The van der Waals surface area contributed by atoms with Gasteiger partial charge in [-0.2, -0.15) is 0 Å². The monoisotopic (exact) mass is 247 g/mol. The van der Waals surface area contributed by atoms with Gasteiger partial charge in [-0.3, -0.25) is 9.36 Å². The van der Waals surface area contributed by atoms with Gasteiger partial charge in [-0.1, -0.05) is 25.5 Å². The van der Waals surface area contributed by atoms with Gasteiger partial charge < -0.3 is 10.3 Å². The summed E-state index contributed by atoms with van der Waals surface area (Å²) >= 11 is 0. The van der Waals surface area contributed by atoms with Crippen LogP contribution in [0.25, 0.3) is 11.0 Å². The van der Waals surface area contributed by atoms with Crippen LogP contribution in [0.2, 0.25) is 0 Å². The minimum atomic E-state index is -0.248. The number of aromatic amines is 1. The summed E-state index contributed by atoms with van der Waals surface area (Å²) in [4.78, 5) is 26.2. The first-order valence-electron chi connectivity index (χ1n) is 6.16. The lowest BCUT2D eigenvalue weighted by atomic mass is 10.3. The fraction of sp³-hybridized carbons (Fsp3) is 0.385. The number of hydrogen-bond acceptors (Lipinski definition) is 2. The number of carbonyl (C=O) groups is 1. The standard InChI is InChI=1S/C13H17N3O2/c1-2-3-8-14-12(17)9-16-11-7-5-4-6-10(11)15-13(16)18/h4-7H,2-3,8-9H2,1H3,(H,14,17)(H,15,18). The molecule has 1 aromatic carbocycles. The van der Waals surface area contributed by atoms with Crippen LogP contribution in [-0.4, -0.2) is 22.0 Å². The molecule has 0 bridgehead atoms. The van der Waals surface area contributed by atoms with E-state index in [1.165, 1.54) is 4.57 Å². The van der Waals surface area contributed by atoms with Crippen LogP contribution in [0, 0.1) is 0 Å². The fourth-order valence-corrected chi connectivity index (χ4v) is 1.87. The molecule has 0 atom stereocenters. The third kappa shape index (κ3) is 2.61. The zero-order valence-corrected chi connectivity index (χ0v) is 10.4. The molecule has 5 nitrogen and oxygen atoms in total. The molecule has 2 N–H and O–H groups in total.